The van der Waals surface area contributed by atoms with E-state index in [9.17, 15) is 0 Å². The molecule has 0 aliphatic carbocycles. The Hall–Kier alpha value is -1.18. The van der Waals surface area contributed by atoms with Crippen molar-refractivity contribution in [2.75, 3.05) is 18.5 Å². The molecule has 2 rings (SSSR count). The lowest BCUT2D eigenvalue weighted by atomic mass is 10.0. The van der Waals surface area contributed by atoms with Crippen molar-refractivity contribution in [3.8, 4) is 5.75 Å². The largest absolute Gasteiger partial charge is 0.490 e. The molecule has 84 valence electrons. The minimum atomic E-state index is 0.578. The predicted octanol–water partition coefficient (Wildman–Crippen LogP) is 3.64. The summed E-state index contributed by atoms with van der Waals surface area (Å²) in [4.78, 5) is 0. The fraction of sp³-hybridized carbons (Fsp3) is 0.538. The number of anilines is 1. The molecule has 1 heterocycles. The standard InChI is InChI=1S/C11H15NO.C2H6/c1-8(2)9-3-4-11-10(7-9)12-5-6-13-11;1-2/h3-4,7-8,12H,5-6H2,1-2H3;1-2H3. The lowest BCUT2D eigenvalue weighted by molar-refractivity contribution is 0.323. The van der Waals surface area contributed by atoms with Crippen molar-refractivity contribution in [3.05, 3.63) is 23.8 Å². The molecule has 1 aromatic rings. The second kappa shape index (κ2) is 5.64. The summed E-state index contributed by atoms with van der Waals surface area (Å²) in [5.41, 5.74) is 2.49. The highest BCUT2D eigenvalue weighted by atomic mass is 16.5. The van der Waals surface area contributed by atoms with E-state index >= 15 is 0 Å². The average Bonchev–Trinajstić information content (AvgIpc) is 2.31. The van der Waals surface area contributed by atoms with Crippen molar-refractivity contribution in [2.24, 2.45) is 0 Å². The molecule has 1 aliphatic heterocycles. The summed E-state index contributed by atoms with van der Waals surface area (Å²) in [7, 11) is 0. The van der Waals surface area contributed by atoms with Crippen LogP contribution in [0.3, 0.4) is 0 Å². The van der Waals surface area contributed by atoms with E-state index in [2.05, 4.69) is 37.4 Å². The van der Waals surface area contributed by atoms with Crippen molar-refractivity contribution < 1.29 is 4.74 Å². The van der Waals surface area contributed by atoms with Gasteiger partial charge < -0.3 is 10.1 Å². The molecule has 0 fully saturated rings. The van der Waals surface area contributed by atoms with Crippen LogP contribution in [-0.2, 0) is 0 Å². The van der Waals surface area contributed by atoms with Gasteiger partial charge >= 0.3 is 0 Å². The Morgan fingerprint density at radius 2 is 2.00 bits per heavy atom. The number of benzene rings is 1. The lowest BCUT2D eigenvalue weighted by Gasteiger charge is -2.20. The van der Waals surface area contributed by atoms with Gasteiger partial charge in [-0.2, -0.15) is 0 Å². The van der Waals surface area contributed by atoms with E-state index in [1.54, 1.807) is 0 Å². The van der Waals surface area contributed by atoms with Gasteiger partial charge in [-0.05, 0) is 23.6 Å². The number of nitrogens with one attached hydrogen (secondary N) is 1. The van der Waals surface area contributed by atoms with Gasteiger partial charge in [-0.1, -0.05) is 33.8 Å². The van der Waals surface area contributed by atoms with Crippen LogP contribution in [0.1, 0.15) is 39.2 Å². The third-order valence-corrected chi connectivity index (χ3v) is 2.35. The topological polar surface area (TPSA) is 21.3 Å². The molecule has 1 N–H and O–H groups in total. The summed E-state index contributed by atoms with van der Waals surface area (Å²) in [6, 6.07) is 6.37. The van der Waals surface area contributed by atoms with Gasteiger partial charge in [0.15, 0.2) is 0 Å². The van der Waals surface area contributed by atoms with Crippen LogP contribution >= 0.6 is 0 Å². The average molecular weight is 207 g/mol. The molecule has 0 unspecified atom stereocenters. The van der Waals surface area contributed by atoms with Crippen LogP contribution in [0, 0.1) is 0 Å². The van der Waals surface area contributed by atoms with Crippen LogP contribution in [0.2, 0.25) is 0 Å². The molecule has 0 saturated heterocycles. The minimum Gasteiger partial charge on any atom is -0.490 e. The molecule has 1 aliphatic rings. The summed E-state index contributed by atoms with van der Waals surface area (Å²) in [6.07, 6.45) is 0. The van der Waals surface area contributed by atoms with Crippen molar-refractivity contribution in [3.63, 3.8) is 0 Å². The summed E-state index contributed by atoms with van der Waals surface area (Å²) < 4.78 is 5.50. The third kappa shape index (κ3) is 2.88. The molecule has 2 nitrogen and oxygen atoms in total. The molecule has 0 atom stereocenters. The Labute approximate surface area is 92.6 Å². The Kier molecular flexibility index (Phi) is 4.47. The van der Waals surface area contributed by atoms with Crippen molar-refractivity contribution in [1.82, 2.24) is 0 Å². The molecule has 0 amide bonds. The van der Waals surface area contributed by atoms with Crippen LogP contribution in [0.5, 0.6) is 5.75 Å². The number of hydrogen-bond acceptors (Lipinski definition) is 2. The monoisotopic (exact) mass is 207 g/mol. The zero-order valence-corrected chi connectivity index (χ0v) is 10.1. The highest BCUT2D eigenvalue weighted by molar-refractivity contribution is 5.59. The maximum Gasteiger partial charge on any atom is 0.142 e. The molecule has 15 heavy (non-hydrogen) atoms. The first-order valence-electron chi connectivity index (χ1n) is 5.78. The van der Waals surface area contributed by atoms with E-state index in [0.29, 0.717) is 5.92 Å². The van der Waals surface area contributed by atoms with Gasteiger partial charge in [-0.3, -0.25) is 0 Å². The molecular formula is C13H21NO. The fourth-order valence-electron chi connectivity index (χ4n) is 1.52. The molecule has 0 radical (unpaired) electrons. The van der Waals surface area contributed by atoms with Crippen LogP contribution in [-0.4, -0.2) is 13.2 Å². The van der Waals surface area contributed by atoms with Crippen molar-refractivity contribution in [1.29, 1.82) is 0 Å². The zero-order chi connectivity index (χ0) is 11.3. The van der Waals surface area contributed by atoms with Crippen LogP contribution < -0.4 is 10.1 Å². The van der Waals surface area contributed by atoms with Gasteiger partial charge in [0, 0.05) is 6.54 Å². The summed E-state index contributed by atoms with van der Waals surface area (Å²) >= 11 is 0. The van der Waals surface area contributed by atoms with Crippen LogP contribution in [0.4, 0.5) is 5.69 Å². The van der Waals surface area contributed by atoms with E-state index in [1.807, 2.05) is 13.8 Å². The van der Waals surface area contributed by atoms with E-state index in [-0.39, 0.29) is 0 Å². The quantitative estimate of drug-likeness (QED) is 0.759. The number of hydrogen-bond donors (Lipinski definition) is 1. The van der Waals surface area contributed by atoms with Gasteiger partial charge in [0.1, 0.15) is 12.4 Å². The molecule has 1 aromatic carbocycles. The molecule has 2 heteroatoms. The Morgan fingerprint density at radius 3 is 2.67 bits per heavy atom. The van der Waals surface area contributed by atoms with Crippen molar-refractivity contribution >= 4 is 5.69 Å². The highest BCUT2D eigenvalue weighted by Crippen LogP contribution is 2.30. The molecule has 0 saturated carbocycles. The van der Waals surface area contributed by atoms with Gasteiger partial charge in [0.05, 0.1) is 5.69 Å². The number of fused-ring (bicyclic) bond motifs is 1. The van der Waals surface area contributed by atoms with Gasteiger partial charge in [-0.15, -0.1) is 0 Å². The van der Waals surface area contributed by atoms with Crippen LogP contribution in [0.15, 0.2) is 18.2 Å². The van der Waals surface area contributed by atoms with E-state index < -0.39 is 0 Å². The minimum absolute atomic E-state index is 0.578. The Morgan fingerprint density at radius 1 is 1.27 bits per heavy atom. The highest BCUT2D eigenvalue weighted by Gasteiger charge is 2.10. The smallest absolute Gasteiger partial charge is 0.142 e. The first-order valence-corrected chi connectivity index (χ1v) is 5.78. The normalized spacial score (nSPS) is 13.1. The summed E-state index contributed by atoms with van der Waals surface area (Å²) in [5, 5.41) is 3.33. The van der Waals surface area contributed by atoms with Crippen LogP contribution in [0.25, 0.3) is 0 Å². The van der Waals surface area contributed by atoms with E-state index in [1.165, 1.54) is 5.56 Å². The molecule has 0 aromatic heterocycles. The summed E-state index contributed by atoms with van der Waals surface area (Å²) in [6.45, 7) is 10.1. The molecule has 0 spiro atoms. The Bertz CT molecular complexity index is 307. The SMILES string of the molecule is CC.CC(C)c1ccc2c(c1)NCCO2. The predicted molar refractivity (Wildman–Crippen MR) is 65.9 cm³/mol. The second-order valence-electron chi connectivity index (χ2n) is 3.69. The Balaban J connectivity index is 0.000000531. The van der Waals surface area contributed by atoms with E-state index in [4.69, 9.17) is 4.74 Å². The fourth-order valence-corrected chi connectivity index (χ4v) is 1.52. The van der Waals surface area contributed by atoms with Gasteiger partial charge in [-0.25, -0.2) is 0 Å². The number of rotatable bonds is 1. The maximum atomic E-state index is 5.50. The first-order chi connectivity index (χ1) is 7.27. The van der Waals surface area contributed by atoms with Gasteiger partial charge in [0.2, 0.25) is 0 Å². The molecular weight excluding hydrogens is 186 g/mol. The van der Waals surface area contributed by atoms with E-state index in [0.717, 1.165) is 24.6 Å². The third-order valence-electron chi connectivity index (χ3n) is 2.35. The second-order valence-corrected chi connectivity index (χ2v) is 3.69. The molecule has 0 bridgehead atoms. The summed E-state index contributed by atoms with van der Waals surface area (Å²) in [5.74, 6) is 1.56. The zero-order valence-electron chi connectivity index (χ0n) is 10.1. The van der Waals surface area contributed by atoms with Crippen molar-refractivity contribution in [2.45, 2.75) is 33.6 Å². The van der Waals surface area contributed by atoms with Gasteiger partial charge in [0.25, 0.3) is 0 Å². The maximum absolute atomic E-state index is 5.50. The first kappa shape index (κ1) is 11.9. The lowest BCUT2D eigenvalue weighted by Crippen LogP contribution is -2.18. The number of ether oxygens (including phenoxy) is 1.